The highest BCUT2D eigenvalue weighted by atomic mass is 32.2. The summed E-state index contributed by atoms with van der Waals surface area (Å²) in [6, 6.07) is 0. The van der Waals surface area contributed by atoms with E-state index in [0.717, 1.165) is 7.11 Å². The Kier molecular flexibility index (Phi) is 3.60. The van der Waals surface area contributed by atoms with Crippen molar-refractivity contribution in [1.29, 1.82) is 0 Å². The summed E-state index contributed by atoms with van der Waals surface area (Å²) < 4.78 is 26.1. The van der Waals surface area contributed by atoms with Gasteiger partial charge < -0.3 is 0 Å². The quantitative estimate of drug-likeness (QED) is 0.480. The number of carbonyl (C=O) groups excluding carboxylic acids is 1. The number of carbonyl (C=O) groups is 1. The van der Waals surface area contributed by atoms with E-state index < -0.39 is 21.2 Å². The lowest BCUT2D eigenvalue weighted by atomic mass is 10.2. The Morgan fingerprint density at radius 2 is 1.92 bits per heavy atom. The fourth-order valence-corrected chi connectivity index (χ4v) is 1.37. The number of hydrogen-bond donors (Lipinski definition) is 0. The van der Waals surface area contributed by atoms with Crippen LogP contribution in [0.1, 0.15) is 13.8 Å². The molecule has 0 bridgehead atoms. The van der Waals surface area contributed by atoms with Crippen molar-refractivity contribution in [2.75, 3.05) is 7.11 Å². The molecular weight excluding hydrogens is 180 g/mol. The van der Waals surface area contributed by atoms with Gasteiger partial charge in [0.05, 0.1) is 7.11 Å². The number of allylic oxidation sites excluding steroid dienone is 1. The van der Waals surface area contributed by atoms with Crippen LogP contribution in [0.5, 0.6) is 0 Å². The van der Waals surface area contributed by atoms with Crippen LogP contribution in [0.15, 0.2) is 12.2 Å². The van der Waals surface area contributed by atoms with E-state index >= 15 is 0 Å². The van der Waals surface area contributed by atoms with Crippen molar-refractivity contribution in [1.82, 2.24) is 0 Å². The molecule has 0 saturated heterocycles. The van der Waals surface area contributed by atoms with Crippen molar-refractivity contribution in [2.24, 2.45) is 0 Å². The summed E-state index contributed by atoms with van der Waals surface area (Å²) in [5, 5.41) is -1.17. The average molecular weight is 192 g/mol. The molecule has 70 valence electrons. The van der Waals surface area contributed by atoms with E-state index in [-0.39, 0.29) is 5.57 Å². The van der Waals surface area contributed by atoms with Gasteiger partial charge in [-0.2, -0.15) is 8.42 Å². The smallest absolute Gasteiger partial charge is 0.277 e. The summed E-state index contributed by atoms with van der Waals surface area (Å²) in [5.41, 5.74) is 0.211. The summed E-state index contributed by atoms with van der Waals surface area (Å²) in [6.07, 6.45) is 0. The Morgan fingerprint density at radius 3 is 2.17 bits per heavy atom. The molecule has 0 fully saturated rings. The maximum Gasteiger partial charge on any atom is 0.277 e. The SMILES string of the molecule is C=C(C)C(=O)C(C)S(=O)(=O)OC. The topological polar surface area (TPSA) is 60.4 Å². The van der Waals surface area contributed by atoms with Gasteiger partial charge in [-0.25, -0.2) is 0 Å². The summed E-state index contributed by atoms with van der Waals surface area (Å²) in [5.74, 6) is -0.517. The van der Waals surface area contributed by atoms with Gasteiger partial charge in [-0.3, -0.25) is 8.98 Å². The van der Waals surface area contributed by atoms with E-state index in [2.05, 4.69) is 10.8 Å². The van der Waals surface area contributed by atoms with Gasteiger partial charge in [0, 0.05) is 0 Å². The minimum atomic E-state index is -3.75. The van der Waals surface area contributed by atoms with E-state index in [1.807, 2.05) is 0 Å². The van der Waals surface area contributed by atoms with Gasteiger partial charge >= 0.3 is 0 Å². The van der Waals surface area contributed by atoms with Crippen LogP contribution in [0.4, 0.5) is 0 Å². The predicted octanol–water partition coefficient (Wildman–Crippen LogP) is 0.496. The molecule has 0 aliphatic rings. The highest BCUT2D eigenvalue weighted by Crippen LogP contribution is 2.07. The second kappa shape index (κ2) is 3.82. The molecule has 0 aromatic rings. The number of hydrogen-bond acceptors (Lipinski definition) is 4. The van der Waals surface area contributed by atoms with Gasteiger partial charge in [-0.05, 0) is 19.4 Å². The molecular formula is C7H12O4S. The normalized spacial score (nSPS) is 13.9. The van der Waals surface area contributed by atoms with Gasteiger partial charge in [0.2, 0.25) is 0 Å². The van der Waals surface area contributed by atoms with Gasteiger partial charge in [0.25, 0.3) is 10.1 Å². The lowest BCUT2D eigenvalue weighted by Gasteiger charge is -2.08. The van der Waals surface area contributed by atoms with E-state index in [0.29, 0.717) is 0 Å². The number of ketones is 1. The standard InChI is InChI=1S/C7H12O4S/c1-5(2)7(8)6(3)12(9,10)11-4/h6H,1H2,2-4H3. The zero-order chi connectivity index (χ0) is 9.94. The molecule has 4 nitrogen and oxygen atoms in total. The van der Waals surface area contributed by atoms with E-state index in [1.165, 1.54) is 13.8 Å². The first-order valence-electron chi connectivity index (χ1n) is 3.32. The summed E-state index contributed by atoms with van der Waals surface area (Å²) >= 11 is 0. The molecule has 0 aromatic heterocycles. The largest absolute Gasteiger partial charge is 0.293 e. The molecule has 0 saturated carbocycles. The Hall–Kier alpha value is -0.680. The molecule has 5 heteroatoms. The third-order valence-corrected chi connectivity index (χ3v) is 3.00. The average Bonchev–Trinajstić information content (AvgIpc) is 2.01. The summed E-state index contributed by atoms with van der Waals surface area (Å²) in [4.78, 5) is 11.1. The minimum Gasteiger partial charge on any atom is -0.293 e. The van der Waals surface area contributed by atoms with Crippen LogP contribution < -0.4 is 0 Å². The monoisotopic (exact) mass is 192 g/mol. The summed E-state index contributed by atoms with van der Waals surface area (Å²) in [6.45, 7) is 6.09. The third-order valence-electron chi connectivity index (χ3n) is 1.46. The Bertz CT molecular complexity index is 289. The van der Waals surface area contributed by atoms with Crippen LogP contribution in [-0.2, 0) is 19.1 Å². The molecule has 0 radical (unpaired) electrons. The molecule has 0 aliphatic carbocycles. The lowest BCUT2D eigenvalue weighted by molar-refractivity contribution is -0.115. The van der Waals surface area contributed by atoms with Crippen LogP contribution in [0.25, 0.3) is 0 Å². The van der Waals surface area contributed by atoms with Crippen molar-refractivity contribution in [2.45, 2.75) is 19.1 Å². The predicted molar refractivity (Wildman–Crippen MR) is 45.2 cm³/mol. The zero-order valence-corrected chi connectivity index (χ0v) is 8.14. The Morgan fingerprint density at radius 1 is 1.50 bits per heavy atom. The second-order valence-corrected chi connectivity index (χ2v) is 4.47. The first kappa shape index (κ1) is 11.3. The molecule has 0 N–H and O–H groups in total. The fraction of sp³-hybridized carbons (Fsp3) is 0.571. The Labute approximate surface area is 72.3 Å². The van der Waals surface area contributed by atoms with Crippen LogP contribution in [0.3, 0.4) is 0 Å². The highest BCUT2D eigenvalue weighted by molar-refractivity contribution is 7.88. The molecule has 1 atom stereocenters. The summed E-state index contributed by atoms with van der Waals surface area (Å²) in [7, 11) is -2.73. The van der Waals surface area contributed by atoms with E-state index in [9.17, 15) is 13.2 Å². The first-order valence-corrected chi connectivity index (χ1v) is 4.79. The molecule has 0 spiro atoms. The molecule has 12 heavy (non-hydrogen) atoms. The molecule has 0 amide bonds. The fourth-order valence-electron chi connectivity index (χ4n) is 0.622. The molecule has 0 rings (SSSR count). The van der Waals surface area contributed by atoms with Crippen molar-refractivity contribution in [3.8, 4) is 0 Å². The zero-order valence-electron chi connectivity index (χ0n) is 7.33. The third kappa shape index (κ3) is 2.42. The van der Waals surface area contributed by atoms with Gasteiger partial charge in [-0.15, -0.1) is 0 Å². The van der Waals surface area contributed by atoms with Crippen molar-refractivity contribution >= 4 is 15.9 Å². The Balaban J connectivity index is 4.74. The first-order chi connectivity index (χ1) is 5.33. The molecule has 0 aromatic carbocycles. The lowest BCUT2D eigenvalue weighted by Crippen LogP contribution is -2.28. The van der Waals surface area contributed by atoms with Gasteiger partial charge in [0.1, 0.15) is 5.25 Å². The van der Waals surface area contributed by atoms with Crippen LogP contribution in [0, 0.1) is 0 Å². The maximum absolute atomic E-state index is 11.1. The van der Waals surface area contributed by atoms with Gasteiger partial charge in [0.15, 0.2) is 5.78 Å². The molecule has 0 heterocycles. The number of rotatable bonds is 4. The highest BCUT2D eigenvalue weighted by Gasteiger charge is 2.27. The van der Waals surface area contributed by atoms with Crippen LogP contribution in [0.2, 0.25) is 0 Å². The van der Waals surface area contributed by atoms with Crippen molar-refractivity contribution < 1.29 is 17.4 Å². The minimum absolute atomic E-state index is 0.211. The van der Waals surface area contributed by atoms with E-state index in [1.54, 1.807) is 0 Å². The molecule has 0 aliphatic heterocycles. The maximum atomic E-state index is 11.1. The van der Waals surface area contributed by atoms with Crippen LogP contribution >= 0.6 is 0 Å². The van der Waals surface area contributed by atoms with Crippen molar-refractivity contribution in [3.05, 3.63) is 12.2 Å². The second-order valence-electron chi connectivity index (χ2n) is 2.45. The van der Waals surface area contributed by atoms with Crippen molar-refractivity contribution in [3.63, 3.8) is 0 Å². The van der Waals surface area contributed by atoms with Gasteiger partial charge in [-0.1, -0.05) is 6.58 Å². The van der Waals surface area contributed by atoms with E-state index in [4.69, 9.17) is 0 Å². The van der Waals surface area contributed by atoms with Crippen LogP contribution in [-0.4, -0.2) is 26.6 Å². The molecule has 1 unspecified atom stereocenters. The number of Topliss-reactive ketones (excluding diaryl/α,β-unsaturated/α-hetero) is 1.